The molecule has 0 radical (unpaired) electrons. The van der Waals surface area contributed by atoms with Crippen LogP contribution in [-0.4, -0.2) is 26.2 Å². The quantitative estimate of drug-likeness (QED) is 0.766. The summed E-state index contributed by atoms with van der Waals surface area (Å²) in [6, 6.07) is 3.42. The molecule has 0 fully saturated rings. The molecule has 1 atom stereocenters. The minimum absolute atomic E-state index is 0.475. The smallest absolute Gasteiger partial charge is 0.245 e. The zero-order valence-electron chi connectivity index (χ0n) is 9.25. The summed E-state index contributed by atoms with van der Waals surface area (Å²) in [4.78, 5) is 11.5. The van der Waals surface area contributed by atoms with E-state index in [0.717, 1.165) is 0 Å². The Morgan fingerprint density at radius 3 is 2.81 bits per heavy atom. The van der Waals surface area contributed by atoms with Crippen LogP contribution in [0.1, 0.15) is 12.7 Å². The second-order valence-corrected chi connectivity index (χ2v) is 4.29. The van der Waals surface area contributed by atoms with Crippen LogP contribution >= 0.6 is 15.9 Å². The fourth-order valence-electron chi connectivity index (χ4n) is 1.28. The number of rotatable bonds is 6. The molecule has 1 aromatic rings. The van der Waals surface area contributed by atoms with Crippen LogP contribution < -0.4 is 11.1 Å². The molecule has 1 amide bonds. The van der Waals surface area contributed by atoms with Crippen LogP contribution in [-0.2, 0) is 15.1 Å². The molecule has 0 aromatic carbocycles. The SMILES string of the molecule is COCCNC(C)(C(N)=O)c1ccc(Br)o1. The van der Waals surface area contributed by atoms with Gasteiger partial charge < -0.3 is 14.9 Å². The van der Waals surface area contributed by atoms with Crippen molar-refractivity contribution in [2.75, 3.05) is 20.3 Å². The lowest BCUT2D eigenvalue weighted by molar-refractivity contribution is -0.124. The van der Waals surface area contributed by atoms with E-state index in [1.165, 1.54) is 0 Å². The Bertz CT molecular complexity index is 367. The first-order valence-electron chi connectivity index (χ1n) is 4.80. The van der Waals surface area contributed by atoms with E-state index in [1.54, 1.807) is 26.2 Å². The maximum atomic E-state index is 11.5. The molecular formula is C10H15BrN2O3. The van der Waals surface area contributed by atoms with E-state index in [2.05, 4.69) is 21.2 Å². The van der Waals surface area contributed by atoms with Gasteiger partial charge in [-0.05, 0) is 35.0 Å². The normalized spacial score (nSPS) is 14.7. The van der Waals surface area contributed by atoms with Crippen LogP contribution in [0.15, 0.2) is 21.2 Å². The third kappa shape index (κ3) is 2.84. The number of carbonyl (C=O) groups is 1. The predicted molar refractivity (Wildman–Crippen MR) is 62.8 cm³/mol. The third-order valence-corrected chi connectivity index (χ3v) is 2.77. The van der Waals surface area contributed by atoms with Gasteiger partial charge >= 0.3 is 0 Å². The van der Waals surface area contributed by atoms with Gasteiger partial charge in [0.05, 0.1) is 6.61 Å². The fraction of sp³-hybridized carbons (Fsp3) is 0.500. The molecule has 0 aliphatic rings. The lowest BCUT2D eigenvalue weighted by atomic mass is 9.98. The highest BCUT2D eigenvalue weighted by atomic mass is 79.9. The second kappa shape index (κ2) is 5.47. The minimum atomic E-state index is -1.02. The zero-order valence-corrected chi connectivity index (χ0v) is 10.8. The number of amides is 1. The number of nitrogens with two attached hydrogens (primary N) is 1. The van der Waals surface area contributed by atoms with Crippen LogP contribution in [0.3, 0.4) is 0 Å². The Kier molecular flexibility index (Phi) is 4.52. The standard InChI is InChI=1S/C10H15BrN2O3/c1-10(9(12)14,13-5-6-15-2)7-3-4-8(11)16-7/h3-4,13H,5-6H2,1-2H3,(H2,12,14). The van der Waals surface area contributed by atoms with Gasteiger partial charge in [0.25, 0.3) is 0 Å². The summed E-state index contributed by atoms with van der Waals surface area (Å²) in [5, 5.41) is 3.01. The van der Waals surface area contributed by atoms with Crippen molar-refractivity contribution in [1.82, 2.24) is 5.32 Å². The largest absolute Gasteiger partial charge is 0.452 e. The number of ether oxygens (including phenoxy) is 1. The molecule has 1 aromatic heterocycles. The molecule has 90 valence electrons. The summed E-state index contributed by atoms with van der Waals surface area (Å²) in [5.41, 5.74) is 4.35. The molecule has 5 nitrogen and oxygen atoms in total. The lowest BCUT2D eigenvalue weighted by Gasteiger charge is -2.25. The van der Waals surface area contributed by atoms with Crippen LogP contribution in [0, 0.1) is 0 Å². The highest BCUT2D eigenvalue weighted by Gasteiger charge is 2.35. The average Bonchev–Trinajstić information content (AvgIpc) is 2.65. The summed E-state index contributed by atoms with van der Waals surface area (Å²) in [5.74, 6) is -0.0200. The van der Waals surface area contributed by atoms with Crippen molar-refractivity contribution in [2.24, 2.45) is 5.73 Å². The van der Waals surface area contributed by atoms with Crippen LogP contribution in [0.25, 0.3) is 0 Å². The van der Waals surface area contributed by atoms with Gasteiger partial charge in [-0.2, -0.15) is 0 Å². The molecule has 0 aliphatic carbocycles. The zero-order chi connectivity index (χ0) is 12.2. The van der Waals surface area contributed by atoms with Gasteiger partial charge in [-0.25, -0.2) is 0 Å². The summed E-state index contributed by atoms with van der Waals surface area (Å²) >= 11 is 3.18. The van der Waals surface area contributed by atoms with E-state index in [9.17, 15) is 4.79 Å². The minimum Gasteiger partial charge on any atom is -0.452 e. The highest BCUT2D eigenvalue weighted by molar-refractivity contribution is 9.10. The van der Waals surface area contributed by atoms with Crippen molar-refractivity contribution in [3.8, 4) is 0 Å². The third-order valence-electron chi connectivity index (χ3n) is 2.34. The molecule has 1 rings (SSSR count). The maximum absolute atomic E-state index is 11.5. The van der Waals surface area contributed by atoms with Gasteiger partial charge in [0.2, 0.25) is 5.91 Å². The molecule has 0 saturated carbocycles. The van der Waals surface area contributed by atoms with Gasteiger partial charge in [0.15, 0.2) is 10.2 Å². The van der Waals surface area contributed by atoms with Crippen molar-refractivity contribution >= 4 is 21.8 Å². The van der Waals surface area contributed by atoms with Gasteiger partial charge in [-0.1, -0.05) is 0 Å². The number of hydrogen-bond acceptors (Lipinski definition) is 4. The number of primary amides is 1. The Hall–Kier alpha value is -0.850. The first-order chi connectivity index (χ1) is 7.50. The van der Waals surface area contributed by atoms with E-state index < -0.39 is 11.4 Å². The molecule has 16 heavy (non-hydrogen) atoms. The number of furan rings is 1. The maximum Gasteiger partial charge on any atom is 0.245 e. The molecule has 1 heterocycles. The second-order valence-electron chi connectivity index (χ2n) is 3.51. The predicted octanol–water partition coefficient (Wildman–Crippen LogP) is 0.979. The summed E-state index contributed by atoms with van der Waals surface area (Å²) in [6.45, 7) is 2.68. The van der Waals surface area contributed by atoms with Crippen molar-refractivity contribution in [3.05, 3.63) is 22.6 Å². The first kappa shape index (κ1) is 13.2. The highest BCUT2D eigenvalue weighted by Crippen LogP contribution is 2.25. The molecular weight excluding hydrogens is 276 g/mol. The number of halogens is 1. The Balaban J connectivity index is 2.84. The molecule has 0 saturated heterocycles. The monoisotopic (exact) mass is 290 g/mol. The Labute approximate surface area is 102 Å². The molecule has 0 spiro atoms. The first-order valence-corrected chi connectivity index (χ1v) is 5.59. The van der Waals surface area contributed by atoms with E-state index in [1.807, 2.05) is 0 Å². The van der Waals surface area contributed by atoms with Gasteiger partial charge in [-0.3, -0.25) is 10.1 Å². The van der Waals surface area contributed by atoms with Crippen molar-refractivity contribution in [3.63, 3.8) is 0 Å². The van der Waals surface area contributed by atoms with Crippen molar-refractivity contribution < 1.29 is 13.9 Å². The Morgan fingerprint density at radius 1 is 1.69 bits per heavy atom. The van der Waals surface area contributed by atoms with E-state index in [-0.39, 0.29) is 0 Å². The summed E-state index contributed by atoms with van der Waals surface area (Å²) < 4.78 is 10.8. The van der Waals surface area contributed by atoms with E-state index in [0.29, 0.717) is 23.6 Å². The van der Waals surface area contributed by atoms with Crippen LogP contribution in [0.2, 0.25) is 0 Å². The number of carbonyl (C=O) groups excluding carboxylic acids is 1. The van der Waals surface area contributed by atoms with Crippen LogP contribution in [0.5, 0.6) is 0 Å². The van der Waals surface area contributed by atoms with Gasteiger partial charge in [0, 0.05) is 13.7 Å². The topological polar surface area (TPSA) is 77.5 Å². The molecule has 1 unspecified atom stereocenters. The summed E-state index contributed by atoms with van der Waals surface area (Å²) in [6.07, 6.45) is 0. The fourth-order valence-corrected chi connectivity index (χ4v) is 1.59. The molecule has 3 N–H and O–H groups in total. The van der Waals surface area contributed by atoms with Crippen molar-refractivity contribution in [2.45, 2.75) is 12.5 Å². The van der Waals surface area contributed by atoms with Gasteiger partial charge in [-0.15, -0.1) is 0 Å². The lowest BCUT2D eigenvalue weighted by Crippen LogP contribution is -2.51. The van der Waals surface area contributed by atoms with Gasteiger partial charge in [0.1, 0.15) is 5.76 Å². The van der Waals surface area contributed by atoms with Crippen molar-refractivity contribution in [1.29, 1.82) is 0 Å². The molecule has 0 bridgehead atoms. The van der Waals surface area contributed by atoms with E-state index >= 15 is 0 Å². The number of nitrogens with one attached hydrogen (secondary N) is 1. The Morgan fingerprint density at radius 2 is 2.38 bits per heavy atom. The molecule has 0 aliphatic heterocycles. The number of methoxy groups -OCH3 is 1. The molecule has 6 heteroatoms. The average molecular weight is 291 g/mol. The van der Waals surface area contributed by atoms with Crippen LogP contribution in [0.4, 0.5) is 0 Å². The summed E-state index contributed by atoms with van der Waals surface area (Å²) in [7, 11) is 1.59. The number of hydrogen-bond donors (Lipinski definition) is 2. The van der Waals surface area contributed by atoms with E-state index in [4.69, 9.17) is 14.9 Å².